The van der Waals surface area contributed by atoms with Gasteiger partial charge in [-0.3, -0.25) is 14.4 Å². The number of Topliss-reactive ketones (excluding diaryl/α,β-unsaturated/α-hetero) is 1. The number of rotatable bonds is 10. The summed E-state index contributed by atoms with van der Waals surface area (Å²) < 4.78 is 9.52. The van der Waals surface area contributed by atoms with Crippen LogP contribution in [-0.4, -0.2) is 53.2 Å². The van der Waals surface area contributed by atoms with E-state index in [9.17, 15) is 24.0 Å². The standard InChI is InChI=1S/C15H23NO7S/c1-5-12(18)16-10(14(20)22-6-2)8-24-13(19)7-11(17)15(21)23-9(3)4/h9-10H,5-8H2,1-4H3,(H,16,18). The molecule has 0 spiro atoms. The maximum absolute atomic E-state index is 11.8. The molecule has 0 heterocycles. The monoisotopic (exact) mass is 361 g/mol. The van der Waals surface area contributed by atoms with Crippen LogP contribution in [0.1, 0.15) is 40.5 Å². The molecule has 8 nitrogen and oxygen atoms in total. The fourth-order valence-corrected chi connectivity index (χ4v) is 2.22. The second-order valence-corrected chi connectivity index (χ2v) is 6.04. The molecule has 1 N–H and O–H groups in total. The molecule has 1 atom stereocenters. The summed E-state index contributed by atoms with van der Waals surface area (Å²) in [6.45, 7) is 6.54. The Morgan fingerprint density at radius 2 is 1.71 bits per heavy atom. The lowest BCUT2D eigenvalue weighted by atomic mass is 10.3. The lowest BCUT2D eigenvalue weighted by Crippen LogP contribution is -2.43. The van der Waals surface area contributed by atoms with Gasteiger partial charge in [-0.05, 0) is 20.8 Å². The number of ketones is 1. The molecule has 0 aliphatic rings. The average molecular weight is 361 g/mol. The molecule has 0 bridgehead atoms. The number of carbonyl (C=O) groups excluding carboxylic acids is 5. The normalized spacial score (nSPS) is 11.5. The van der Waals surface area contributed by atoms with Gasteiger partial charge in [-0.15, -0.1) is 0 Å². The number of ether oxygens (including phenoxy) is 2. The van der Waals surface area contributed by atoms with Crippen molar-refractivity contribution in [3.8, 4) is 0 Å². The van der Waals surface area contributed by atoms with Crippen LogP contribution >= 0.6 is 11.8 Å². The zero-order chi connectivity index (χ0) is 18.7. The molecule has 0 aliphatic carbocycles. The third kappa shape index (κ3) is 9.29. The average Bonchev–Trinajstić information content (AvgIpc) is 2.50. The summed E-state index contributed by atoms with van der Waals surface area (Å²) in [5.41, 5.74) is 0. The molecule has 136 valence electrons. The molecule has 0 fully saturated rings. The topological polar surface area (TPSA) is 116 Å². The molecule has 24 heavy (non-hydrogen) atoms. The molecule has 0 saturated heterocycles. The van der Waals surface area contributed by atoms with Crippen LogP contribution in [0.5, 0.6) is 0 Å². The Kier molecular flexibility index (Phi) is 10.7. The number of carbonyl (C=O) groups is 5. The summed E-state index contributed by atoms with van der Waals surface area (Å²) in [6, 6.07) is -0.996. The van der Waals surface area contributed by atoms with E-state index in [1.165, 1.54) is 0 Å². The third-order valence-corrected chi connectivity index (χ3v) is 3.48. The number of hydrogen-bond donors (Lipinski definition) is 1. The van der Waals surface area contributed by atoms with Crippen molar-refractivity contribution in [3.63, 3.8) is 0 Å². The van der Waals surface area contributed by atoms with E-state index in [1.807, 2.05) is 0 Å². The highest BCUT2D eigenvalue weighted by Gasteiger charge is 2.25. The first-order valence-electron chi connectivity index (χ1n) is 7.56. The zero-order valence-corrected chi connectivity index (χ0v) is 15.1. The molecule has 0 rings (SSSR count). The first-order chi connectivity index (χ1) is 11.2. The summed E-state index contributed by atoms with van der Waals surface area (Å²) >= 11 is 0.673. The molecule has 0 aromatic rings. The van der Waals surface area contributed by atoms with E-state index in [0.29, 0.717) is 11.8 Å². The number of esters is 2. The highest BCUT2D eigenvalue weighted by molar-refractivity contribution is 8.13. The van der Waals surface area contributed by atoms with E-state index in [1.54, 1.807) is 27.7 Å². The molecular weight excluding hydrogens is 338 g/mol. The van der Waals surface area contributed by atoms with Crippen LogP contribution in [0.4, 0.5) is 0 Å². The van der Waals surface area contributed by atoms with E-state index in [0.717, 1.165) is 0 Å². The SMILES string of the molecule is CCOC(=O)C(CSC(=O)CC(=O)C(=O)OC(C)C)NC(=O)CC. The largest absolute Gasteiger partial charge is 0.464 e. The van der Waals surface area contributed by atoms with Crippen molar-refractivity contribution in [1.82, 2.24) is 5.32 Å². The summed E-state index contributed by atoms with van der Waals surface area (Å²) in [6.07, 6.45) is -0.914. The first-order valence-corrected chi connectivity index (χ1v) is 8.55. The summed E-state index contributed by atoms with van der Waals surface area (Å²) in [5.74, 6) is -3.13. The maximum atomic E-state index is 11.8. The Bertz CT molecular complexity index is 490. The Labute approximate surface area is 145 Å². The van der Waals surface area contributed by atoms with E-state index < -0.39 is 41.4 Å². The smallest absolute Gasteiger partial charge is 0.375 e. The Hall–Kier alpha value is -1.90. The predicted molar refractivity (Wildman–Crippen MR) is 87.2 cm³/mol. The van der Waals surface area contributed by atoms with E-state index in [4.69, 9.17) is 9.47 Å². The molecule has 1 unspecified atom stereocenters. The Balaban J connectivity index is 4.53. The van der Waals surface area contributed by atoms with Gasteiger partial charge in [0.2, 0.25) is 11.7 Å². The van der Waals surface area contributed by atoms with E-state index >= 15 is 0 Å². The number of hydrogen-bond acceptors (Lipinski definition) is 8. The lowest BCUT2D eigenvalue weighted by molar-refractivity contribution is -0.157. The van der Waals surface area contributed by atoms with Crippen molar-refractivity contribution in [1.29, 1.82) is 0 Å². The second kappa shape index (κ2) is 11.6. The van der Waals surface area contributed by atoms with Crippen molar-refractivity contribution in [2.24, 2.45) is 0 Å². The second-order valence-electron chi connectivity index (χ2n) is 4.96. The first kappa shape index (κ1) is 22.1. The minimum atomic E-state index is -1.07. The van der Waals surface area contributed by atoms with Crippen molar-refractivity contribution in [2.45, 2.75) is 52.7 Å². The van der Waals surface area contributed by atoms with Crippen LogP contribution in [0.15, 0.2) is 0 Å². The van der Waals surface area contributed by atoms with Crippen LogP contribution in [0.3, 0.4) is 0 Å². The molecule has 0 aliphatic heterocycles. The third-order valence-electron chi connectivity index (χ3n) is 2.51. The summed E-state index contributed by atoms with van der Waals surface area (Å²) in [7, 11) is 0. The van der Waals surface area contributed by atoms with Gasteiger partial charge >= 0.3 is 11.9 Å². The number of amides is 1. The summed E-state index contributed by atoms with van der Waals surface area (Å²) in [4.78, 5) is 57.8. The Morgan fingerprint density at radius 3 is 2.21 bits per heavy atom. The van der Waals surface area contributed by atoms with Crippen LogP contribution in [0.2, 0.25) is 0 Å². The minimum absolute atomic E-state index is 0.0874. The zero-order valence-electron chi connectivity index (χ0n) is 14.2. The molecule has 0 aromatic carbocycles. The molecular formula is C15H23NO7S. The minimum Gasteiger partial charge on any atom is -0.464 e. The molecule has 1 amide bonds. The molecule has 0 radical (unpaired) electrons. The highest BCUT2D eigenvalue weighted by atomic mass is 32.2. The van der Waals surface area contributed by atoms with Gasteiger partial charge in [0, 0.05) is 12.2 Å². The Morgan fingerprint density at radius 1 is 1.08 bits per heavy atom. The fraction of sp³-hybridized carbons (Fsp3) is 0.667. The van der Waals surface area contributed by atoms with Gasteiger partial charge in [0.25, 0.3) is 0 Å². The van der Waals surface area contributed by atoms with Gasteiger partial charge in [-0.25, -0.2) is 9.59 Å². The van der Waals surface area contributed by atoms with Crippen LogP contribution < -0.4 is 5.32 Å². The van der Waals surface area contributed by atoms with Crippen LogP contribution in [0, 0.1) is 0 Å². The van der Waals surface area contributed by atoms with Gasteiger partial charge in [0.15, 0.2) is 5.12 Å². The molecule has 0 saturated carbocycles. The van der Waals surface area contributed by atoms with Crippen molar-refractivity contribution >= 4 is 40.5 Å². The van der Waals surface area contributed by atoms with Crippen molar-refractivity contribution in [3.05, 3.63) is 0 Å². The van der Waals surface area contributed by atoms with Crippen LogP contribution in [-0.2, 0) is 33.4 Å². The van der Waals surface area contributed by atoms with Crippen molar-refractivity contribution in [2.75, 3.05) is 12.4 Å². The number of nitrogens with one attached hydrogen (secondary N) is 1. The number of thioether (sulfide) groups is 1. The lowest BCUT2D eigenvalue weighted by Gasteiger charge is -2.16. The quantitative estimate of drug-likeness (QED) is 0.342. The molecule has 0 aromatic heterocycles. The van der Waals surface area contributed by atoms with Gasteiger partial charge in [0.05, 0.1) is 19.1 Å². The molecule has 9 heteroatoms. The summed E-state index contributed by atoms with van der Waals surface area (Å²) in [5, 5.41) is 1.85. The van der Waals surface area contributed by atoms with E-state index in [2.05, 4.69) is 5.32 Å². The van der Waals surface area contributed by atoms with E-state index in [-0.39, 0.29) is 24.7 Å². The van der Waals surface area contributed by atoms with Crippen molar-refractivity contribution < 1.29 is 33.4 Å². The van der Waals surface area contributed by atoms with Gasteiger partial charge < -0.3 is 14.8 Å². The van der Waals surface area contributed by atoms with Gasteiger partial charge in [0.1, 0.15) is 6.04 Å². The van der Waals surface area contributed by atoms with Gasteiger partial charge in [-0.1, -0.05) is 18.7 Å². The highest BCUT2D eigenvalue weighted by Crippen LogP contribution is 2.10. The maximum Gasteiger partial charge on any atom is 0.375 e. The van der Waals surface area contributed by atoms with Crippen LogP contribution in [0.25, 0.3) is 0 Å². The van der Waals surface area contributed by atoms with Gasteiger partial charge in [-0.2, -0.15) is 0 Å². The fourth-order valence-electron chi connectivity index (χ4n) is 1.42. The predicted octanol–water partition coefficient (Wildman–Crippen LogP) is 0.615.